The van der Waals surface area contributed by atoms with E-state index in [9.17, 15) is 0 Å². The number of aromatic nitrogens is 2. The highest BCUT2D eigenvalue weighted by Crippen LogP contribution is 2.29. The third-order valence-electron chi connectivity index (χ3n) is 2.53. The normalized spacial score (nSPS) is 26.5. The van der Waals surface area contributed by atoms with Gasteiger partial charge in [0.15, 0.2) is 0 Å². The fraction of sp³-hybridized carbons (Fsp3) is 0.700. The minimum atomic E-state index is 0.0747. The van der Waals surface area contributed by atoms with E-state index in [-0.39, 0.29) is 5.60 Å². The van der Waals surface area contributed by atoms with E-state index in [1.165, 1.54) is 0 Å². The first-order valence-corrected chi connectivity index (χ1v) is 4.79. The number of imidazole rings is 1. The molecular formula is C10H16N2O. The fourth-order valence-electron chi connectivity index (χ4n) is 1.84. The van der Waals surface area contributed by atoms with Crippen LogP contribution in [0.4, 0.5) is 0 Å². The molecule has 0 aromatic carbocycles. The average Bonchev–Trinajstić information content (AvgIpc) is 2.61. The van der Waals surface area contributed by atoms with Crippen LogP contribution in [-0.4, -0.2) is 21.3 Å². The zero-order valence-corrected chi connectivity index (χ0v) is 8.23. The van der Waals surface area contributed by atoms with Crippen LogP contribution in [0.3, 0.4) is 0 Å². The Balaban J connectivity index is 1.91. The Labute approximate surface area is 78.7 Å². The monoisotopic (exact) mass is 180 g/mol. The summed E-state index contributed by atoms with van der Waals surface area (Å²) >= 11 is 0. The van der Waals surface area contributed by atoms with Crippen molar-refractivity contribution in [1.29, 1.82) is 0 Å². The summed E-state index contributed by atoms with van der Waals surface area (Å²) < 4.78 is 7.95. The van der Waals surface area contributed by atoms with Crippen molar-refractivity contribution in [3.63, 3.8) is 0 Å². The maximum Gasteiger partial charge on any atom is 0.0946 e. The molecule has 2 heterocycles. The Morgan fingerprint density at radius 1 is 1.62 bits per heavy atom. The lowest BCUT2D eigenvalue weighted by atomic mass is 10.1. The van der Waals surface area contributed by atoms with E-state index >= 15 is 0 Å². The van der Waals surface area contributed by atoms with E-state index in [1.807, 2.05) is 12.5 Å². The number of hydrogen-bond acceptors (Lipinski definition) is 2. The van der Waals surface area contributed by atoms with Crippen LogP contribution in [0.5, 0.6) is 0 Å². The molecule has 0 saturated carbocycles. The first-order valence-electron chi connectivity index (χ1n) is 4.79. The predicted molar refractivity (Wildman–Crippen MR) is 50.4 cm³/mol. The zero-order valence-electron chi connectivity index (χ0n) is 8.23. The molecule has 0 N–H and O–H groups in total. The van der Waals surface area contributed by atoms with Gasteiger partial charge in [-0.15, -0.1) is 0 Å². The molecule has 1 fully saturated rings. The minimum absolute atomic E-state index is 0.0747. The summed E-state index contributed by atoms with van der Waals surface area (Å²) in [6.07, 6.45) is 8.31. The zero-order chi connectivity index (χ0) is 9.31. The molecule has 3 nitrogen and oxygen atoms in total. The van der Waals surface area contributed by atoms with Crippen molar-refractivity contribution >= 4 is 0 Å². The van der Waals surface area contributed by atoms with Crippen molar-refractivity contribution in [2.24, 2.45) is 0 Å². The molecule has 0 radical (unpaired) electrons. The molecule has 1 aromatic heterocycles. The second-order valence-electron chi connectivity index (χ2n) is 4.30. The molecule has 3 heteroatoms. The van der Waals surface area contributed by atoms with Gasteiger partial charge in [-0.05, 0) is 26.7 Å². The van der Waals surface area contributed by atoms with Gasteiger partial charge < -0.3 is 9.30 Å². The summed E-state index contributed by atoms with van der Waals surface area (Å²) in [4.78, 5) is 4.01. The van der Waals surface area contributed by atoms with Gasteiger partial charge in [0, 0.05) is 18.9 Å². The van der Waals surface area contributed by atoms with E-state index in [2.05, 4.69) is 23.4 Å². The largest absolute Gasteiger partial charge is 0.370 e. The van der Waals surface area contributed by atoms with Crippen LogP contribution < -0.4 is 0 Å². The highest BCUT2D eigenvalue weighted by atomic mass is 16.5. The van der Waals surface area contributed by atoms with Crippen molar-refractivity contribution < 1.29 is 4.74 Å². The molecule has 1 aromatic rings. The van der Waals surface area contributed by atoms with E-state index in [0.29, 0.717) is 6.10 Å². The SMILES string of the molecule is CC1(C)CCC(Cn2ccnc2)O1. The van der Waals surface area contributed by atoms with Gasteiger partial charge in [0.05, 0.1) is 18.0 Å². The molecule has 13 heavy (non-hydrogen) atoms. The van der Waals surface area contributed by atoms with Gasteiger partial charge in [0.2, 0.25) is 0 Å². The standard InChI is InChI=1S/C10H16N2O/c1-10(2)4-3-9(13-10)7-12-6-5-11-8-12/h5-6,8-9H,3-4,7H2,1-2H3. The van der Waals surface area contributed by atoms with Gasteiger partial charge in [-0.2, -0.15) is 0 Å². The average molecular weight is 180 g/mol. The van der Waals surface area contributed by atoms with Crippen molar-refractivity contribution in [2.45, 2.75) is 44.9 Å². The van der Waals surface area contributed by atoms with Crippen molar-refractivity contribution in [3.8, 4) is 0 Å². The fourth-order valence-corrected chi connectivity index (χ4v) is 1.84. The summed E-state index contributed by atoms with van der Waals surface area (Å²) in [5.41, 5.74) is 0.0747. The molecule has 1 unspecified atom stereocenters. The van der Waals surface area contributed by atoms with Crippen LogP contribution in [-0.2, 0) is 11.3 Å². The minimum Gasteiger partial charge on any atom is -0.370 e. The summed E-state index contributed by atoms with van der Waals surface area (Å²) in [7, 11) is 0. The predicted octanol–water partition coefficient (Wildman–Crippen LogP) is 1.84. The van der Waals surface area contributed by atoms with Crippen LogP contribution in [0.25, 0.3) is 0 Å². The molecule has 2 rings (SSSR count). The number of ether oxygens (including phenoxy) is 1. The molecule has 1 aliphatic heterocycles. The maximum atomic E-state index is 5.87. The van der Waals surface area contributed by atoms with Gasteiger partial charge in [-0.1, -0.05) is 0 Å². The topological polar surface area (TPSA) is 27.1 Å². The number of rotatable bonds is 2. The lowest BCUT2D eigenvalue weighted by molar-refractivity contribution is -0.0216. The third kappa shape index (κ3) is 2.10. The Hall–Kier alpha value is -0.830. The van der Waals surface area contributed by atoms with Crippen LogP contribution >= 0.6 is 0 Å². The Morgan fingerprint density at radius 3 is 3.00 bits per heavy atom. The second-order valence-corrected chi connectivity index (χ2v) is 4.30. The molecular weight excluding hydrogens is 164 g/mol. The van der Waals surface area contributed by atoms with E-state index in [4.69, 9.17) is 4.74 Å². The van der Waals surface area contributed by atoms with E-state index in [1.54, 1.807) is 6.20 Å². The smallest absolute Gasteiger partial charge is 0.0946 e. The highest BCUT2D eigenvalue weighted by molar-refractivity contribution is 4.83. The van der Waals surface area contributed by atoms with Crippen LogP contribution in [0, 0.1) is 0 Å². The van der Waals surface area contributed by atoms with Crippen molar-refractivity contribution in [1.82, 2.24) is 9.55 Å². The van der Waals surface area contributed by atoms with E-state index in [0.717, 1.165) is 19.4 Å². The molecule has 1 aliphatic rings. The Kier molecular flexibility index (Phi) is 2.12. The van der Waals surface area contributed by atoms with E-state index < -0.39 is 0 Å². The first-order chi connectivity index (χ1) is 6.16. The lowest BCUT2D eigenvalue weighted by Gasteiger charge is -2.19. The maximum absolute atomic E-state index is 5.87. The van der Waals surface area contributed by atoms with Gasteiger partial charge in [-0.3, -0.25) is 0 Å². The molecule has 0 aliphatic carbocycles. The van der Waals surface area contributed by atoms with Gasteiger partial charge in [-0.25, -0.2) is 4.98 Å². The molecule has 0 bridgehead atoms. The summed E-state index contributed by atoms with van der Waals surface area (Å²) in [5, 5.41) is 0. The second kappa shape index (κ2) is 3.14. The lowest BCUT2D eigenvalue weighted by Crippen LogP contribution is -2.22. The summed E-state index contributed by atoms with van der Waals surface area (Å²) in [5.74, 6) is 0. The third-order valence-corrected chi connectivity index (χ3v) is 2.53. The van der Waals surface area contributed by atoms with Crippen LogP contribution in [0.15, 0.2) is 18.7 Å². The van der Waals surface area contributed by atoms with Gasteiger partial charge in [0.25, 0.3) is 0 Å². The number of nitrogens with zero attached hydrogens (tertiary/aromatic N) is 2. The quantitative estimate of drug-likeness (QED) is 0.694. The summed E-state index contributed by atoms with van der Waals surface area (Å²) in [6.45, 7) is 5.24. The Morgan fingerprint density at radius 2 is 2.46 bits per heavy atom. The molecule has 1 atom stereocenters. The van der Waals surface area contributed by atoms with Crippen molar-refractivity contribution in [2.75, 3.05) is 0 Å². The molecule has 72 valence electrons. The number of hydrogen-bond donors (Lipinski definition) is 0. The molecule has 1 saturated heterocycles. The first kappa shape index (κ1) is 8.75. The van der Waals surface area contributed by atoms with Crippen molar-refractivity contribution in [3.05, 3.63) is 18.7 Å². The summed E-state index contributed by atoms with van der Waals surface area (Å²) in [6, 6.07) is 0. The molecule has 0 spiro atoms. The van der Waals surface area contributed by atoms with Gasteiger partial charge in [0.1, 0.15) is 0 Å². The van der Waals surface area contributed by atoms with Crippen LogP contribution in [0.2, 0.25) is 0 Å². The van der Waals surface area contributed by atoms with Gasteiger partial charge >= 0.3 is 0 Å². The van der Waals surface area contributed by atoms with Crippen LogP contribution in [0.1, 0.15) is 26.7 Å². The highest BCUT2D eigenvalue weighted by Gasteiger charge is 2.31. The Bertz CT molecular complexity index is 266. The molecule has 0 amide bonds.